The third kappa shape index (κ3) is 12.7. The fraction of sp³-hybridized carbons (Fsp3) is 0.750. The van der Waals surface area contributed by atoms with E-state index in [1.807, 2.05) is 32.9 Å². The largest absolute Gasteiger partial charge is 0.444 e. The van der Waals surface area contributed by atoms with E-state index in [0.29, 0.717) is 12.8 Å². The summed E-state index contributed by atoms with van der Waals surface area (Å²) in [5.74, 6) is -0.386. The second-order valence-corrected chi connectivity index (χ2v) is 16.4. The van der Waals surface area contributed by atoms with Crippen LogP contribution in [0.5, 0.6) is 0 Å². The van der Waals surface area contributed by atoms with Gasteiger partial charge in [-0.15, -0.1) is 0 Å². The summed E-state index contributed by atoms with van der Waals surface area (Å²) < 4.78 is 11.8. The van der Waals surface area contributed by atoms with Crippen molar-refractivity contribution in [3.8, 4) is 0 Å². The molecule has 0 aromatic carbocycles. The topological polar surface area (TPSA) is 76.7 Å². The number of halogens is 1. The quantitative estimate of drug-likeness (QED) is 0.345. The summed E-state index contributed by atoms with van der Waals surface area (Å²) in [4.78, 5) is 24.7. The van der Waals surface area contributed by atoms with Gasteiger partial charge >= 0.3 is 6.09 Å². The highest BCUT2D eigenvalue weighted by Crippen LogP contribution is 2.38. The number of hydrogen-bond donors (Lipinski definition) is 2. The molecule has 2 N–H and O–H groups in total. The summed E-state index contributed by atoms with van der Waals surface area (Å²) in [5, 5.41) is 6.26. The minimum atomic E-state index is -1.95. The predicted octanol–water partition coefficient (Wildman–Crippen LogP) is 6.48. The van der Waals surface area contributed by atoms with E-state index in [-0.39, 0.29) is 23.0 Å². The maximum atomic E-state index is 12.6. The number of alkyl carbamates (subject to hydrolysis) is 1. The van der Waals surface area contributed by atoms with E-state index in [1.54, 1.807) is 27.0 Å². The molecule has 8 heteroatoms. The van der Waals surface area contributed by atoms with Gasteiger partial charge in [-0.3, -0.25) is 4.79 Å². The second-order valence-electron chi connectivity index (χ2n) is 11.0. The lowest BCUT2D eigenvalue weighted by atomic mass is 10.0. The Morgan fingerprint density at radius 3 is 2.06 bits per heavy atom. The molecule has 0 radical (unpaired) electrons. The molecule has 0 heterocycles. The van der Waals surface area contributed by atoms with Gasteiger partial charge in [0.05, 0.1) is 6.10 Å². The van der Waals surface area contributed by atoms with Crippen molar-refractivity contribution in [3.63, 3.8) is 0 Å². The molecule has 0 aliphatic carbocycles. The summed E-state index contributed by atoms with van der Waals surface area (Å²) in [7, 11) is -1.95. The van der Waals surface area contributed by atoms with Gasteiger partial charge in [-0.05, 0) is 70.8 Å². The van der Waals surface area contributed by atoms with Crippen LogP contribution in [0.4, 0.5) is 4.79 Å². The minimum absolute atomic E-state index is 0.0291. The van der Waals surface area contributed by atoms with E-state index in [1.165, 1.54) is 0 Å². The molecule has 0 aromatic rings. The third-order valence-corrected chi connectivity index (χ3v) is 9.98. The van der Waals surface area contributed by atoms with Crippen LogP contribution < -0.4 is 10.6 Å². The average molecular weight is 489 g/mol. The van der Waals surface area contributed by atoms with Crippen LogP contribution in [0, 0.1) is 5.92 Å². The zero-order valence-corrected chi connectivity index (χ0v) is 23.6. The molecule has 6 nitrogen and oxygen atoms in total. The van der Waals surface area contributed by atoms with E-state index in [4.69, 9.17) is 20.8 Å². The van der Waals surface area contributed by atoms with Gasteiger partial charge < -0.3 is 19.8 Å². The highest BCUT2D eigenvalue weighted by Gasteiger charge is 2.38. The second kappa shape index (κ2) is 12.8. The summed E-state index contributed by atoms with van der Waals surface area (Å²) in [5.41, 5.74) is -0.628. The lowest BCUT2D eigenvalue weighted by Gasteiger charge is -2.39. The first-order chi connectivity index (χ1) is 14.4. The molecule has 186 valence electrons. The van der Waals surface area contributed by atoms with E-state index >= 15 is 0 Å². The molecule has 0 aromatic heterocycles. The number of carbonyl (C=O) groups excluding carboxylic acids is 2. The van der Waals surface area contributed by atoms with Crippen molar-refractivity contribution in [2.75, 3.05) is 0 Å². The van der Waals surface area contributed by atoms with Gasteiger partial charge in [0, 0.05) is 5.03 Å². The maximum absolute atomic E-state index is 12.6. The number of allylic oxidation sites excluding steroid dienone is 1. The number of rotatable bonds is 10. The fourth-order valence-electron chi connectivity index (χ4n) is 2.50. The molecule has 32 heavy (non-hydrogen) atoms. The average Bonchev–Trinajstić information content (AvgIpc) is 2.57. The van der Waals surface area contributed by atoms with Gasteiger partial charge in [-0.25, -0.2) is 4.79 Å². The molecule has 0 rings (SSSR count). The Morgan fingerprint density at radius 1 is 1.06 bits per heavy atom. The van der Waals surface area contributed by atoms with Crippen LogP contribution in [0.2, 0.25) is 18.1 Å². The number of hydrogen-bond acceptors (Lipinski definition) is 4. The standard InChI is InChI=1S/C24H45ClN2O4Si/c1-17(2)20(27-22(29)30-23(4,5)6)21(28)26-16-12-13-19(15-14-18(3)25)31-32(10,11)24(7,8)9/h12,14,16-17,19-20H,13,15H2,1-11H3,(H,26,28)(H,27,29)/b16-12-,18-14+/t19-,20+/m1/s1. The fourth-order valence-corrected chi connectivity index (χ4v) is 3.97. The molecule has 2 amide bonds. The van der Waals surface area contributed by atoms with Gasteiger partial charge in [0.2, 0.25) is 5.91 Å². The first kappa shape index (κ1) is 30.7. The first-order valence-electron chi connectivity index (χ1n) is 11.3. The molecule has 0 bridgehead atoms. The summed E-state index contributed by atoms with van der Waals surface area (Å²) in [6, 6.07) is -0.699. The number of nitrogens with one attached hydrogen (secondary N) is 2. The highest BCUT2D eigenvalue weighted by atomic mass is 35.5. The summed E-state index contributed by atoms with van der Waals surface area (Å²) >= 11 is 6.03. The number of ether oxygens (including phenoxy) is 1. The zero-order chi connectivity index (χ0) is 25.3. The molecule has 0 saturated carbocycles. The van der Waals surface area contributed by atoms with Crippen molar-refractivity contribution in [2.24, 2.45) is 5.92 Å². The van der Waals surface area contributed by atoms with E-state index in [9.17, 15) is 9.59 Å². The SMILES string of the molecule is C/C(Cl)=C\C[C@@H](C/C=C\NC(=O)[C@@H](NC(=O)OC(C)(C)C)C(C)C)O[Si](C)(C)C(C)(C)C. The van der Waals surface area contributed by atoms with Gasteiger partial charge in [0.15, 0.2) is 8.32 Å². The molecular formula is C24H45ClN2O4Si. The van der Waals surface area contributed by atoms with E-state index < -0.39 is 26.1 Å². The summed E-state index contributed by atoms with van der Waals surface area (Å²) in [6.45, 7) is 22.0. The van der Waals surface area contributed by atoms with Crippen LogP contribution in [0.15, 0.2) is 23.4 Å². The normalized spacial score (nSPS) is 15.6. The van der Waals surface area contributed by atoms with Crippen molar-refractivity contribution < 1.29 is 18.8 Å². The Bertz CT molecular complexity index is 672. The van der Waals surface area contributed by atoms with E-state index in [2.05, 4.69) is 44.5 Å². The van der Waals surface area contributed by atoms with Crippen LogP contribution in [0.1, 0.15) is 75.2 Å². The molecule has 0 aliphatic heterocycles. The van der Waals surface area contributed by atoms with Crippen LogP contribution >= 0.6 is 11.6 Å². The maximum Gasteiger partial charge on any atom is 0.408 e. The predicted molar refractivity (Wildman–Crippen MR) is 136 cm³/mol. The Kier molecular flexibility index (Phi) is 12.3. The van der Waals surface area contributed by atoms with Gasteiger partial charge in [-0.1, -0.05) is 58.4 Å². The van der Waals surface area contributed by atoms with E-state index in [0.717, 1.165) is 5.03 Å². The van der Waals surface area contributed by atoms with Crippen LogP contribution in [-0.4, -0.2) is 38.1 Å². The minimum Gasteiger partial charge on any atom is -0.444 e. The molecule has 0 aliphatic rings. The number of carbonyl (C=O) groups is 2. The van der Waals surface area contributed by atoms with Crippen molar-refractivity contribution in [2.45, 2.75) is 111 Å². The lowest BCUT2D eigenvalue weighted by molar-refractivity contribution is -0.123. The van der Waals surface area contributed by atoms with Crippen LogP contribution in [0.3, 0.4) is 0 Å². The lowest BCUT2D eigenvalue weighted by Crippen LogP contribution is -2.49. The Labute approximate surface area is 201 Å². The Morgan fingerprint density at radius 2 is 1.62 bits per heavy atom. The molecule has 2 atom stereocenters. The van der Waals surface area contributed by atoms with Crippen molar-refractivity contribution in [3.05, 3.63) is 23.4 Å². The van der Waals surface area contributed by atoms with Crippen molar-refractivity contribution in [1.82, 2.24) is 10.6 Å². The zero-order valence-electron chi connectivity index (χ0n) is 21.9. The van der Waals surface area contributed by atoms with Gasteiger partial charge in [0.1, 0.15) is 11.6 Å². The van der Waals surface area contributed by atoms with Crippen LogP contribution in [-0.2, 0) is 14.0 Å². The van der Waals surface area contributed by atoms with Crippen LogP contribution in [0.25, 0.3) is 0 Å². The molecule has 0 spiro atoms. The van der Waals surface area contributed by atoms with Crippen molar-refractivity contribution >= 4 is 31.9 Å². The first-order valence-corrected chi connectivity index (χ1v) is 14.6. The Hall–Kier alpha value is -1.31. The third-order valence-electron chi connectivity index (χ3n) is 5.29. The molecule has 0 unspecified atom stereocenters. The molecular weight excluding hydrogens is 444 g/mol. The Balaban J connectivity index is 5.08. The monoisotopic (exact) mass is 488 g/mol. The van der Waals surface area contributed by atoms with Gasteiger partial charge in [-0.2, -0.15) is 0 Å². The van der Waals surface area contributed by atoms with Crippen molar-refractivity contribution in [1.29, 1.82) is 0 Å². The number of amides is 2. The van der Waals surface area contributed by atoms with Gasteiger partial charge in [0.25, 0.3) is 0 Å². The smallest absolute Gasteiger partial charge is 0.408 e. The molecule has 0 saturated heterocycles. The highest BCUT2D eigenvalue weighted by molar-refractivity contribution is 6.74. The summed E-state index contributed by atoms with van der Waals surface area (Å²) in [6.07, 6.45) is 6.17. The molecule has 0 fully saturated rings.